The van der Waals surface area contributed by atoms with Crippen LogP contribution in [0.15, 0.2) is 182 Å². The fourth-order valence-corrected chi connectivity index (χ4v) is 8.17. The molecule has 12 aromatic rings. The zero-order valence-electron chi connectivity index (χ0n) is 30.3. The van der Waals surface area contributed by atoms with Crippen LogP contribution in [0, 0.1) is 6.33 Å². The first-order chi connectivity index (χ1) is 28.3. The number of imidazole rings is 4. The van der Waals surface area contributed by atoms with E-state index in [4.69, 9.17) is 19.7 Å². The summed E-state index contributed by atoms with van der Waals surface area (Å²) in [6.07, 6.45) is 7.49. The molecule has 0 N–H and O–H groups in total. The van der Waals surface area contributed by atoms with Gasteiger partial charge in [0.2, 0.25) is 17.3 Å². The molecule has 268 valence electrons. The largest absolute Gasteiger partial charge is 0.458 e. The quantitative estimate of drug-likeness (QED) is 0.126. The molecular formula is C48H30N8O. The van der Waals surface area contributed by atoms with E-state index in [0.29, 0.717) is 11.5 Å². The van der Waals surface area contributed by atoms with Gasteiger partial charge in [-0.1, -0.05) is 121 Å². The standard InChI is InChI=1S/C48H30N8O/c1-3-13-32(14-4-1)37-19-12-20-38(33-15-5-2-6-16-33)45(37)54-31-53(42-23-9-10-24-43(42)54)34-17-11-18-35(29-34)57-36-25-26-40-44(30-36)56-46-49-27-28-52(46)47-50-39-21-7-8-22-41(39)55(47)48(56)51-40/h1-30H. The summed E-state index contributed by atoms with van der Waals surface area (Å²) in [5.41, 5.74) is 12.1. The van der Waals surface area contributed by atoms with Crippen LogP contribution in [0.1, 0.15) is 0 Å². The van der Waals surface area contributed by atoms with Crippen molar-refractivity contribution in [3.63, 3.8) is 0 Å². The molecule has 5 heterocycles. The van der Waals surface area contributed by atoms with Gasteiger partial charge in [-0.15, -0.1) is 0 Å². The van der Waals surface area contributed by atoms with Gasteiger partial charge in [0, 0.05) is 18.5 Å². The molecule has 7 aromatic carbocycles. The number of benzene rings is 7. The molecule has 0 saturated heterocycles. The van der Waals surface area contributed by atoms with Crippen molar-refractivity contribution in [1.82, 2.24) is 32.7 Å². The lowest BCUT2D eigenvalue weighted by molar-refractivity contribution is -0.571. The topological polar surface area (TPSA) is 69.9 Å². The Hall–Kier alpha value is -8.04. The highest BCUT2D eigenvalue weighted by Gasteiger charge is 2.21. The van der Waals surface area contributed by atoms with Crippen LogP contribution in [0.3, 0.4) is 0 Å². The Balaban J connectivity index is 0.987. The lowest BCUT2D eigenvalue weighted by Crippen LogP contribution is -2.31. The van der Waals surface area contributed by atoms with E-state index in [1.165, 1.54) is 0 Å². The molecule has 12 rings (SSSR count). The van der Waals surface area contributed by atoms with Gasteiger partial charge in [0.15, 0.2) is 0 Å². The molecule has 0 aliphatic heterocycles. The van der Waals surface area contributed by atoms with Gasteiger partial charge in [-0.3, -0.25) is 13.5 Å². The van der Waals surface area contributed by atoms with Gasteiger partial charge >= 0.3 is 0 Å². The molecule has 0 aliphatic carbocycles. The molecule has 0 atom stereocenters. The van der Waals surface area contributed by atoms with Crippen LogP contribution in [0.5, 0.6) is 11.5 Å². The summed E-state index contributed by atoms with van der Waals surface area (Å²) in [7, 11) is 0. The van der Waals surface area contributed by atoms with Crippen molar-refractivity contribution in [3.05, 3.63) is 189 Å². The van der Waals surface area contributed by atoms with Crippen molar-refractivity contribution in [2.24, 2.45) is 0 Å². The number of hydrogen-bond acceptors (Lipinski definition) is 4. The SMILES string of the molecule is [c-]1n(-c2cccc(Oc3ccc4nc5n(c4c3)c3nccn3c3nc4ccccc4n35)c2)c2ccccc2[n+]1-c1c(-c2ccccc2)cccc1-c1ccccc1. The van der Waals surface area contributed by atoms with Crippen LogP contribution >= 0.6 is 0 Å². The Kier molecular flexibility index (Phi) is 6.73. The third-order valence-corrected chi connectivity index (χ3v) is 10.7. The van der Waals surface area contributed by atoms with E-state index in [9.17, 15) is 0 Å². The smallest absolute Gasteiger partial charge is 0.269 e. The van der Waals surface area contributed by atoms with Gasteiger partial charge < -0.3 is 4.74 Å². The lowest BCUT2D eigenvalue weighted by Gasteiger charge is -2.17. The van der Waals surface area contributed by atoms with Crippen LogP contribution in [0.2, 0.25) is 0 Å². The van der Waals surface area contributed by atoms with Gasteiger partial charge in [0.1, 0.15) is 11.5 Å². The van der Waals surface area contributed by atoms with Crippen LogP contribution in [0.25, 0.3) is 84.1 Å². The first kappa shape index (κ1) is 31.3. The average Bonchev–Trinajstić information content (AvgIpc) is 4.07. The molecule has 0 bridgehead atoms. The van der Waals surface area contributed by atoms with E-state index < -0.39 is 0 Å². The summed E-state index contributed by atoms with van der Waals surface area (Å²) in [6.45, 7) is 0. The normalized spacial score (nSPS) is 11.9. The van der Waals surface area contributed by atoms with Crippen molar-refractivity contribution in [1.29, 1.82) is 0 Å². The second-order valence-electron chi connectivity index (χ2n) is 14.0. The Morgan fingerprint density at radius 3 is 1.96 bits per heavy atom. The first-order valence-electron chi connectivity index (χ1n) is 18.8. The minimum atomic E-state index is 0.683. The Morgan fingerprint density at radius 2 is 1.16 bits per heavy atom. The number of aromatic nitrogens is 8. The fourth-order valence-electron chi connectivity index (χ4n) is 8.17. The van der Waals surface area contributed by atoms with E-state index in [2.05, 4.69) is 146 Å². The van der Waals surface area contributed by atoms with Crippen molar-refractivity contribution in [2.45, 2.75) is 0 Å². The van der Waals surface area contributed by atoms with Gasteiger partial charge in [0.05, 0.1) is 44.5 Å². The zero-order valence-corrected chi connectivity index (χ0v) is 30.3. The van der Waals surface area contributed by atoms with Gasteiger partial charge in [-0.25, -0.2) is 23.8 Å². The second kappa shape index (κ2) is 12.2. The molecule has 9 nitrogen and oxygen atoms in total. The highest BCUT2D eigenvalue weighted by atomic mass is 16.5. The maximum Gasteiger partial charge on any atom is 0.269 e. The molecule has 0 spiro atoms. The average molecular weight is 735 g/mol. The molecule has 5 aromatic heterocycles. The molecule has 0 radical (unpaired) electrons. The summed E-state index contributed by atoms with van der Waals surface area (Å²) >= 11 is 0. The maximum absolute atomic E-state index is 6.64. The highest BCUT2D eigenvalue weighted by molar-refractivity contribution is 5.88. The molecule has 57 heavy (non-hydrogen) atoms. The van der Waals surface area contributed by atoms with E-state index in [-0.39, 0.29) is 0 Å². The van der Waals surface area contributed by atoms with Crippen LogP contribution in [-0.2, 0) is 0 Å². The number of nitrogens with zero attached hydrogens (tertiary/aromatic N) is 8. The minimum absolute atomic E-state index is 0.683. The van der Waals surface area contributed by atoms with Crippen LogP contribution in [0.4, 0.5) is 0 Å². The second-order valence-corrected chi connectivity index (χ2v) is 14.0. The number of para-hydroxylation sites is 5. The Labute approximate surface area is 325 Å². The highest BCUT2D eigenvalue weighted by Crippen LogP contribution is 2.35. The van der Waals surface area contributed by atoms with E-state index >= 15 is 0 Å². The summed E-state index contributed by atoms with van der Waals surface area (Å²) in [5.74, 6) is 3.60. The molecule has 0 fully saturated rings. The summed E-state index contributed by atoms with van der Waals surface area (Å²) in [6, 6.07) is 58.3. The number of rotatable bonds is 6. The van der Waals surface area contributed by atoms with Crippen molar-refractivity contribution >= 4 is 50.4 Å². The summed E-state index contributed by atoms with van der Waals surface area (Å²) in [5, 5.41) is 0. The molecular weight excluding hydrogens is 705 g/mol. The molecule has 9 heteroatoms. The van der Waals surface area contributed by atoms with E-state index in [1.54, 1.807) is 6.20 Å². The van der Waals surface area contributed by atoms with Gasteiger partial charge in [0.25, 0.3) is 6.33 Å². The molecule has 0 amide bonds. The Bertz CT molecular complexity index is 3450. The van der Waals surface area contributed by atoms with Crippen LogP contribution < -0.4 is 9.30 Å². The fraction of sp³-hybridized carbons (Fsp3) is 0. The molecule has 0 saturated carbocycles. The third kappa shape index (κ3) is 4.82. The maximum atomic E-state index is 6.64. The van der Waals surface area contributed by atoms with E-state index in [1.807, 2.05) is 59.1 Å². The van der Waals surface area contributed by atoms with Gasteiger partial charge in [-0.05, 0) is 64.7 Å². The van der Waals surface area contributed by atoms with Crippen LogP contribution in [-0.4, -0.2) is 32.7 Å². The predicted molar refractivity (Wildman–Crippen MR) is 222 cm³/mol. The number of ether oxygens (including phenoxy) is 1. The summed E-state index contributed by atoms with van der Waals surface area (Å²) < 4.78 is 17.1. The number of fused-ring (bicyclic) bond motifs is 11. The minimum Gasteiger partial charge on any atom is -0.458 e. The monoisotopic (exact) mass is 734 g/mol. The zero-order chi connectivity index (χ0) is 37.5. The van der Waals surface area contributed by atoms with Crippen molar-refractivity contribution in [2.75, 3.05) is 0 Å². The predicted octanol–water partition coefficient (Wildman–Crippen LogP) is 10.1. The first-order valence-corrected chi connectivity index (χ1v) is 18.8. The third-order valence-electron chi connectivity index (χ3n) is 10.7. The van der Waals surface area contributed by atoms with E-state index in [0.717, 1.165) is 84.1 Å². The lowest BCUT2D eigenvalue weighted by atomic mass is 9.95. The number of hydrogen-bond donors (Lipinski definition) is 0. The Morgan fingerprint density at radius 1 is 0.509 bits per heavy atom. The van der Waals surface area contributed by atoms with Crippen molar-refractivity contribution < 1.29 is 9.30 Å². The summed E-state index contributed by atoms with van der Waals surface area (Å²) in [4.78, 5) is 14.7. The van der Waals surface area contributed by atoms with Crippen molar-refractivity contribution in [3.8, 4) is 45.1 Å². The molecule has 0 aliphatic rings. The van der Waals surface area contributed by atoms with Gasteiger partial charge in [-0.2, -0.15) is 0 Å². The molecule has 0 unspecified atom stereocenters.